The van der Waals surface area contributed by atoms with Crippen LogP contribution in [0.5, 0.6) is 5.75 Å². The Labute approximate surface area is 123 Å². The van der Waals surface area contributed by atoms with E-state index in [-0.39, 0.29) is 18.6 Å². The number of hydrogen-bond acceptors (Lipinski definition) is 3. The second kappa shape index (κ2) is 6.57. The minimum absolute atomic E-state index is 0.0301. The molecule has 0 saturated heterocycles. The van der Waals surface area contributed by atoms with Crippen LogP contribution in [0.25, 0.3) is 10.9 Å². The van der Waals surface area contributed by atoms with E-state index in [0.29, 0.717) is 16.3 Å². The number of nitrogens with zero attached hydrogens (tertiary/aromatic N) is 1. The molecule has 2 rings (SSSR count). The Morgan fingerprint density at radius 1 is 1.45 bits per heavy atom. The zero-order valence-electron chi connectivity index (χ0n) is 11.5. The fourth-order valence-electron chi connectivity index (χ4n) is 1.79. The molecule has 0 spiro atoms. The van der Waals surface area contributed by atoms with Crippen LogP contribution in [-0.2, 0) is 4.79 Å². The molecule has 1 unspecified atom stereocenters. The molecular weight excluding hydrogens is 276 g/mol. The molecule has 1 atom stereocenters. The van der Waals surface area contributed by atoms with E-state index < -0.39 is 0 Å². The van der Waals surface area contributed by atoms with E-state index >= 15 is 0 Å². The van der Waals surface area contributed by atoms with Gasteiger partial charge in [0.25, 0.3) is 5.91 Å². The van der Waals surface area contributed by atoms with Gasteiger partial charge in [-0.3, -0.25) is 9.78 Å². The van der Waals surface area contributed by atoms with Gasteiger partial charge in [-0.15, -0.1) is 0 Å². The van der Waals surface area contributed by atoms with Gasteiger partial charge < -0.3 is 10.1 Å². The molecule has 4 nitrogen and oxygen atoms in total. The maximum atomic E-state index is 11.7. The minimum atomic E-state index is -0.140. The van der Waals surface area contributed by atoms with Gasteiger partial charge in [-0.25, -0.2) is 0 Å². The SMILES string of the molecule is CCC(C)NC(=O)COc1ccc(Cl)c2cccnc12. The molecule has 1 aromatic carbocycles. The lowest BCUT2D eigenvalue weighted by atomic mass is 10.2. The maximum Gasteiger partial charge on any atom is 0.258 e. The fraction of sp³-hybridized carbons (Fsp3) is 0.333. The lowest BCUT2D eigenvalue weighted by Gasteiger charge is -2.13. The molecule has 5 heteroatoms. The normalized spacial score (nSPS) is 12.2. The van der Waals surface area contributed by atoms with Gasteiger partial charge in [0.1, 0.15) is 11.3 Å². The number of carbonyl (C=O) groups is 1. The highest BCUT2D eigenvalue weighted by Gasteiger charge is 2.10. The van der Waals surface area contributed by atoms with Crippen LogP contribution in [0.4, 0.5) is 0 Å². The van der Waals surface area contributed by atoms with Crippen molar-refractivity contribution in [2.75, 3.05) is 6.61 Å². The number of hydrogen-bond donors (Lipinski definition) is 1. The van der Waals surface area contributed by atoms with Crippen molar-refractivity contribution in [3.8, 4) is 5.75 Å². The van der Waals surface area contributed by atoms with Crippen molar-refractivity contribution in [3.63, 3.8) is 0 Å². The summed E-state index contributed by atoms with van der Waals surface area (Å²) in [6, 6.07) is 7.30. The maximum absolute atomic E-state index is 11.7. The Hall–Kier alpha value is -1.81. The van der Waals surface area contributed by atoms with Crippen LogP contribution >= 0.6 is 11.6 Å². The van der Waals surface area contributed by atoms with Crippen molar-refractivity contribution in [1.29, 1.82) is 0 Å². The number of halogens is 1. The summed E-state index contributed by atoms with van der Waals surface area (Å²) in [6.45, 7) is 3.94. The zero-order chi connectivity index (χ0) is 14.5. The first-order valence-electron chi connectivity index (χ1n) is 6.57. The van der Waals surface area contributed by atoms with E-state index in [4.69, 9.17) is 16.3 Å². The highest BCUT2D eigenvalue weighted by molar-refractivity contribution is 6.35. The summed E-state index contributed by atoms with van der Waals surface area (Å²) in [6.07, 6.45) is 2.56. The predicted octanol–water partition coefficient (Wildman–Crippen LogP) is 3.18. The molecule has 0 fully saturated rings. The summed E-state index contributed by atoms with van der Waals surface area (Å²) in [5, 5.41) is 4.28. The third-order valence-corrected chi connectivity index (χ3v) is 3.39. The van der Waals surface area contributed by atoms with Gasteiger partial charge in [-0.2, -0.15) is 0 Å². The summed E-state index contributed by atoms with van der Waals surface area (Å²) in [4.78, 5) is 16.0. The van der Waals surface area contributed by atoms with Gasteiger partial charge >= 0.3 is 0 Å². The van der Waals surface area contributed by atoms with Crippen molar-refractivity contribution >= 4 is 28.4 Å². The van der Waals surface area contributed by atoms with E-state index in [1.165, 1.54) is 0 Å². The van der Waals surface area contributed by atoms with Crippen LogP contribution in [0, 0.1) is 0 Å². The lowest BCUT2D eigenvalue weighted by molar-refractivity contribution is -0.123. The third kappa shape index (κ3) is 3.39. The van der Waals surface area contributed by atoms with Gasteiger partial charge in [-0.05, 0) is 37.6 Å². The zero-order valence-corrected chi connectivity index (χ0v) is 12.3. The quantitative estimate of drug-likeness (QED) is 0.921. The van der Waals surface area contributed by atoms with E-state index in [2.05, 4.69) is 10.3 Å². The van der Waals surface area contributed by atoms with E-state index in [9.17, 15) is 4.79 Å². The highest BCUT2D eigenvalue weighted by atomic mass is 35.5. The van der Waals surface area contributed by atoms with Gasteiger partial charge in [0.2, 0.25) is 0 Å². The van der Waals surface area contributed by atoms with Crippen molar-refractivity contribution < 1.29 is 9.53 Å². The average Bonchev–Trinajstić information content (AvgIpc) is 2.46. The number of rotatable bonds is 5. The van der Waals surface area contributed by atoms with Crippen molar-refractivity contribution in [2.45, 2.75) is 26.3 Å². The molecule has 0 saturated carbocycles. The van der Waals surface area contributed by atoms with Crippen LogP contribution in [0.2, 0.25) is 5.02 Å². The Morgan fingerprint density at radius 2 is 2.25 bits per heavy atom. The molecule has 1 aromatic heterocycles. The van der Waals surface area contributed by atoms with Gasteiger partial charge in [0.05, 0.1) is 5.02 Å². The summed E-state index contributed by atoms with van der Waals surface area (Å²) < 4.78 is 5.55. The summed E-state index contributed by atoms with van der Waals surface area (Å²) >= 11 is 6.10. The van der Waals surface area contributed by atoms with E-state index in [0.717, 1.165) is 11.8 Å². The number of carbonyl (C=O) groups excluding carboxylic acids is 1. The summed E-state index contributed by atoms with van der Waals surface area (Å²) in [5.41, 5.74) is 0.663. The van der Waals surface area contributed by atoms with Crippen molar-refractivity contribution in [3.05, 3.63) is 35.5 Å². The first kappa shape index (κ1) is 14.6. The molecule has 0 aliphatic rings. The molecule has 1 N–H and O–H groups in total. The average molecular weight is 293 g/mol. The fourth-order valence-corrected chi connectivity index (χ4v) is 2.01. The smallest absolute Gasteiger partial charge is 0.258 e. The Balaban J connectivity index is 2.11. The number of nitrogens with one attached hydrogen (secondary N) is 1. The lowest BCUT2D eigenvalue weighted by Crippen LogP contribution is -2.35. The molecule has 106 valence electrons. The summed E-state index contributed by atoms with van der Waals surface area (Å²) in [7, 11) is 0. The summed E-state index contributed by atoms with van der Waals surface area (Å²) in [5.74, 6) is 0.419. The molecule has 0 bridgehead atoms. The number of ether oxygens (including phenoxy) is 1. The van der Waals surface area contributed by atoms with Gasteiger partial charge in [0.15, 0.2) is 6.61 Å². The van der Waals surface area contributed by atoms with Crippen LogP contribution in [-0.4, -0.2) is 23.5 Å². The van der Waals surface area contributed by atoms with E-state index in [1.54, 1.807) is 18.3 Å². The topological polar surface area (TPSA) is 51.2 Å². The number of fused-ring (bicyclic) bond motifs is 1. The first-order chi connectivity index (χ1) is 9.61. The molecule has 1 amide bonds. The predicted molar refractivity (Wildman–Crippen MR) is 80.1 cm³/mol. The molecule has 20 heavy (non-hydrogen) atoms. The standard InChI is InChI=1S/C15H17ClN2O2/c1-3-10(2)18-14(19)9-20-13-7-6-12(16)11-5-4-8-17-15(11)13/h4-8,10H,3,9H2,1-2H3,(H,18,19). The Kier molecular flexibility index (Phi) is 4.79. The van der Waals surface area contributed by atoms with Crippen LogP contribution in [0.15, 0.2) is 30.5 Å². The van der Waals surface area contributed by atoms with Gasteiger partial charge in [0, 0.05) is 17.6 Å². The van der Waals surface area contributed by atoms with E-state index in [1.807, 2.05) is 26.0 Å². The Bertz CT molecular complexity index is 616. The third-order valence-electron chi connectivity index (χ3n) is 3.06. The minimum Gasteiger partial charge on any atom is -0.481 e. The molecule has 1 heterocycles. The largest absolute Gasteiger partial charge is 0.481 e. The van der Waals surface area contributed by atoms with Crippen LogP contribution in [0.3, 0.4) is 0 Å². The molecular formula is C15H17ClN2O2. The molecule has 2 aromatic rings. The molecule has 0 aliphatic carbocycles. The second-order valence-corrected chi connectivity index (χ2v) is 5.02. The van der Waals surface area contributed by atoms with Crippen molar-refractivity contribution in [2.24, 2.45) is 0 Å². The van der Waals surface area contributed by atoms with Crippen LogP contribution < -0.4 is 10.1 Å². The number of benzene rings is 1. The molecule has 0 aliphatic heterocycles. The first-order valence-corrected chi connectivity index (χ1v) is 6.95. The van der Waals surface area contributed by atoms with Crippen molar-refractivity contribution in [1.82, 2.24) is 10.3 Å². The highest BCUT2D eigenvalue weighted by Crippen LogP contribution is 2.29. The van der Waals surface area contributed by atoms with Crippen LogP contribution in [0.1, 0.15) is 20.3 Å². The number of aromatic nitrogens is 1. The Morgan fingerprint density at radius 3 is 3.00 bits per heavy atom. The molecule has 0 radical (unpaired) electrons. The number of amides is 1. The monoisotopic (exact) mass is 292 g/mol. The second-order valence-electron chi connectivity index (χ2n) is 4.61. The van der Waals surface area contributed by atoms with Gasteiger partial charge in [-0.1, -0.05) is 18.5 Å². The number of pyridine rings is 1.